The summed E-state index contributed by atoms with van der Waals surface area (Å²) in [5.41, 5.74) is 1.57. The number of aliphatic hydroxyl groups excluding tert-OH is 2. The quantitative estimate of drug-likeness (QED) is 0.446. The van der Waals surface area contributed by atoms with E-state index in [1.807, 2.05) is 57.4 Å². The molecule has 2 N–H and O–H groups in total. The van der Waals surface area contributed by atoms with Crippen LogP contribution in [0.2, 0.25) is 0 Å². The highest BCUT2D eigenvalue weighted by Gasteiger charge is 2.42. The number of thiazole rings is 1. The van der Waals surface area contributed by atoms with Crippen molar-refractivity contribution < 1.29 is 24.5 Å². The van der Waals surface area contributed by atoms with E-state index in [4.69, 9.17) is 4.74 Å². The third-order valence-corrected chi connectivity index (χ3v) is 7.44. The van der Waals surface area contributed by atoms with Crippen molar-refractivity contribution in [2.24, 2.45) is 17.3 Å². The number of Topliss-reactive ketones (excluding diaryl/α,β-unsaturated/α-hetero) is 1. The van der Waals surface area contributed by atoms with E-state index in [-0.39, 0.29) is 18.1 Å². The molecule has 0 amide bonds. The highest BCUT2D eigenvalue weighted by Crippen LogP contribution is 2.31. The zero-order valence-electron chi connectivity index (χ0n) is 21.4. The number of hydrogen-bond acceptors (Lipinski definition) is 7. The lowest BCUT2D eigenvalue weighted by molar-refractivity contribution is -0.154. The van der Waals surface area contributed by atoms with Crippen molar-refractivity contribution in [3.8, 4) is 0 Å². The minimum atomic E-state index is -1.23. The zero-order chi connectivity index (χ0) is 25.6. The molecule has 1 aromatic rings. The summed E-state index contributed by atoms with van der Waals surface area (Å²) >= 11 is 1.56. The summed E-state index contributed by atoms with van der Waals surface area (Å²) in [6, 6.07) is 0. The summed E-state index contributed by atoms with van der Waals surface area (Å²) in [5, 5.41) is 24.4. The Hall–Kier alpha value is -2.09. The first-order chi connectivity index (χ1) is 15.8. The number of esters is 1. The molecule has 1 aromatic heterocycles. The number of hydrogen-bond donors (Lipinski definition) is 2. The summed E-state index contributed by atoms with van der Waals surface area (Å²) in [6.45, 7) is 12.6. The van der Waals surface area contributed by atoms with Gasteiger partial charge in [0.2, 0.25) is 0 Å². The van der Waals surface area contributed by atoms with Gasteiger partial charge in [-0.1, -0.05) is 51.5 Å². The SMILES string of the molecule is C/C1=C/CC(/C(C)=C/c2csc(C)n2)OC(=O)C[C@H](O)C(C)(C)C(=O)[C@H](C)C(O)C(C)/C=C/C1. The minimum Gasteiger partial charge on any atom is -0.457 e. The molecule has 34 heavy (non-hydrogen) atoms. The lowest BCUT2D eigenvalue weighted by Gasteiger charge is -2.34. The number of ether oxygens (including phenoxy) is 1. The fraction of sp³-hybridized carbons (Fsp3) is 0.593. The van der Waals surface area contributed by atoms with E-state index >= 15 is 0 Å². The van der Waals surface area contributed by atoms with Crippen LogP contribution in [0.15, 0.2) is 34.8 Å². The van der Waals surface area contributed by atoms with Crippen molar-refractivity contribution in [1.29, 1.82) is 0 Å². The first-order valence-electron chi connectivity index (χ1n) is 11.9. The Morgan fingerprint density at radius 2 is 1.91 bits per heavy atom. The number of allylic oxidation sites excluding steroid dienone is 2. The van der Waals surface area contributed by atoms with Crippen LogP contribution >= 0.6 is 11.3 Å². The number of rotatable bonds is 2. The van der Waals surface area contributed by atoms with E-state index in [0.29, 0.717) is 12.8 Å². The molecular weight excluding hydrogens is 450 g/mol. The normalized spacial score (nSPS) is 32.6. The Morgan fingerprint density at radius 1 is 1.24 bits per heavy atom. The Morgan fingerprint density at radius 3 is 2.53 bits per heavy atom. The van der Waals surface area contributed by atoms with E-state index in [0.717, 1.165) is 21.8 Å². The summed E-state index contributed by atoms with van der Waals surface area (Å²) < 4.78 is 5.79. The van der Waals surface area contributed by atoms with Crippen molar-refractivity contribution in [3.63, 3.8) is 0 Å². The average molecular weight is 490 g/mol. The maximum atomic E-state index is 13.1. The molecule has 1 aliphatic rings. The van der Waals surface area contributed by atoms with Gasteiger partial charge in [0.05, 0.1) is 34.7 Å². The highest BCUT2D eigenvalue weighted by atomic mass is 32.1. The van der Waals surface area contributed by atoms with Crippen molar-refractivity contribution in [2.45, 2.75) is 86.0 Å². The van der Waals surface area contributed by atoms with Gasteiger partial charge in [0, 0.05) is 23.6 Å². The van der Waals surface area contributed by atoms with E-state index in [1.165, 1.54) is 0 Å². The minimum absolute atomic E-state index is 0.225. The molecule has 6 nitrogen and oxygen atoms in total. The van der Waals surface area contributed by atoms with Gasteiger partial charge in [-0.2, -0.15) is 0 Å². The van der Waals surface area contributed by atoms with Crippen LogP contribution < -0.4 is 0 Å². The van der Waals surface area contributed by atoms with Crippen LogP contribution in [0.3, 0.4) is 0 Å². The molecule has 0 saturated carbocycles. The Bertz CT molecular complexity index is 958. The predicted molar refractivity (Wildman–Crippen MR) is 136 cm³/mol. The summed E-state index contributed by atoms with van der Waals surface area (Å²) in [5.74, 6) is -1.77. The van der Waals surface area contributed by atoms with E-state index in [1.54, 1.807) is 32.1 Å². The molecule has 0 bridgehead atoms. The molecule has 1 aliphatic heterocycles. The number of aromatic nitrogens is 1. The van der Waals surface area contributed by atoms with E-state index in [2.05, 4.69) is 4.98 Å². The molecule has 0 radical (unpaired) electrons. The molecule has 2 heterocycles. The number of nitrogens with zero attached hydrogens (tertiary/aromatic N) is 1. The molecule has 0 aliphatic carbocycles. The Labute approximate surface area is 207 Å². The molecule has 0 aromatic carbocycles. The number of ketones is 1. The third-order valence-electron chi connectivity index (χ3n) is 6.65. The second-order valence-electron chi connectivity index (χ2n) is 10.0. The summed E-state index contributed by atoms with van der Waals surface area (Å²) in [7, 11) is 0. The summed E-state index contributed by atoms with van der Waals surface area (Å²) in [6.07, 6.45) is 6.13. The van der Waals surface area contributed by atoms with Gasteiger partial charge in [-0.05, 0) is 38.8 Å². The lowest BCUT2D eigenvalue weighted by atomic mass is 9.73. The van der Waals surface area contributed by atoms with Gasteiger partial charge in [0.15, 0.2) is 0 Å². The van der Waals surface area contributed by atoms with Crippen LogP contribution in [0.25, 0.3) is 6.08 Å². The number of carbonyl (C=O) groups excluding carboxylic acids is 2. The van der Waals surface area contributed by atoms with Gasteiger partial charge in [-0.3, -0.25) is 9.59 Å². The molecule has 0 fully saturated rings. The molecule has 3 unspecified atom stereocenters. The van der Waals surface area contributed by atoms with Crippen LogP contribution in [0, 0.1) is 24.2 Å². The van der Waals surface area contributed by atoms with Crippen molar-refractivity contribution in [3.05, 3.63) is 45.5 Å². The van der Waals surface area contributed by atoms with Gasteiger partial charge in [-0.15, -0.1) is 11.3 Å². The van der Waals surface area contributed by atoms with Gasteiger partial charge in [0.1, 0.15) is 11.9 Å². The maximum Gasteiger partial charge on any atom is 0.309 e. The molecule has 2 rings (SSSR count). The first-order valence-corrected chi connectivity index (χ1v) is 12.7. The predicted octanol–water partition coefficient (Wildman–Crippen LogP) is 5.04. The molecule has 7 heteroatoms. The lowest BCUT2D eigenvalue weighted by Crippen LogP contribution is -2.45. The molecule has 5 atom stereocenters. The molecular formula is C27H39NO5S. The monoisotopic (exact) mass is 489 g/mol. The third kappa shape index (κ3) is 7.45. The van der Waals surface area contributed by atoms with E-state index in [9.17, 15) is 19.8 Å². The fourth-order valence-electron chi connectivity index (χ4n) is 4.05. The van der Waals surface area contributed by atoms with Gasteiger partial charge in [-0.25, -0.2) is 4.98 Å². The second kappa shape index (κ2) is 12.0. The fourth-order valence-corrected chi connectivity index (χ4v) is 4.62. The van der Waals surface area contributed by atoms with Crippen LogP contribution in [-0.2, 0) is 14.3 Å². The van der Waals surface area contributed by atoms with Crippen molar-refractivity contribution in [1.82, 2.24) is 4.98 Å². The van der Waals surface area contributed by atoms with Crippen LogP contribution in [0.4, 0.5) is 0 Å². The molecule has 0 spiro atoms. The number of aliphatic hydroxyl groups is 2. The van der Waals surface area contributed by atoms with E-state index < -0.39 is 35.6 Å². The van der Waals surface area contributed by atoms with Gasteiger partial charge in [0.25, 0.3) is 0 Å². The number of carbonyl (C=O) groups is 2. The molecule has 188 valence electrons. The van der Waals surface area contributed by atoms with Crippen molar-refractivity contribution >= 4 is 29.2 Å². The van der Waals surface area contributed by atoms with Crippen molar-refractivity contribution in [2.75, 3.05) is 0 Å². The second-order valence-corrected chi connectivity index (χ2v) is 11.1. The molecule has 0 saturated heterocycles. The number of aryl methyl sites for hydroxylation is 1. The summed E-state index contributed by atoms with van der Waals surface area (Å²) in [4.78, 5) is 30.4. The average Bonchev–Trinajstić information content (AvgIpc) is 3.18. The standard InChI is InChI=1S/C27H39NO5S/c1-16-9-8-10-17(2)25(31)19(4)26(32)27(6,7)23(29)14-24(30)33-22(12-11-16)18(3)13-21-15-34-20(5)28-21/h8,10-11,13,15,17,19,22-23,25,29,31H,9,12,14H2,1-7H3/b10-8+,16-11-,18-13+/t17?,19-,22?,23+,25?/m1/s1. The first kappa shape index (κ1) is 28.1. The topological polar surface area (TPSA) is 96.7 Å². The van der Waals surface area contributed by atoms with Crippen LogP contribution in [0.1, 0.15) is 71.5 Å². The Kier molecular flexibility index (Phi) is 9.97. The smallest absolute Gasteiger partial charge is 0.309 e. The van der Waals surface area contributed by atoms with Crippen LogP contribution in [0.5, 0.6) is 0 Å². The zero-order valence-corrected chi connectivity index (χ0v) is 22.2. The van der Waals surface area contributed by atoms with Crippen LogP contribution in [-0.4, -0.2) is 45.3 Å². The number of cyclic esters (lactones) is 1. The van der Waals surface area contributed by atoms with Gasteiger partial charge >= 0.3 is 5.97 Å². The Balaban J connectivity index is 2.37. The van der Waals surface area contributed by atoms with Gasteiger partial charge < -0.3 is 14.9 Å². The maximum absolute atomic E-state index is 13.1. The highest BCUT2D eigenvalue weighted by molar-refractivity contribution is 7.09. The largest absolute Gasteiger partial charge is 0.457 e.